The minimum Gasteiger partial charge on any atom is -0.379 e. The van der Waals surface area contributed by atoms with Crippen LogP contribution in [-0.4, -0.2) is 80.8 Å². The molecule has 0 saturated carbocycles. The van der Waals surface area contributed by atoms with Crippen molar-refractivity contribution in [3.8, 4) is 11.1 Å². The van der Waals surface area contributed by atoms with Crippen molar-refractivity contribution in [2.24, 2.45) is 0 Å². The number of amides is 1. The first-order chi connectivity index (χ1) is 19.9. The Labute approximate surface area is 239 Å². The molecule has 7 rings (SSSR count). The van der Waals surface area contributed by atoms with E-state index < -0.39 is 5.79 Å². The van der Waals surface area contributed by atoms with E-state index in [0.29, 0.717) is 24.5 Å². The molecule has 1 N–H and O–H groups in total. The van der Waals surface area contributed by atoms with Crippen LogP contribution in [0.2, 0.25) is 0 Å². The zero-order chi connectivity index (χ0) is 28.0. The van der Waals surface area contributed by atoms with E-state index in [9.17, 15) is 4.79 Å². The van der Waals surface area contributed by atoms with Crippen LogP contribution in [0.15, 0.2) is 61.2 Å². The van der Waals surface area contributed by atoms with Gasteiger partial charge >= 0.3 is 0 Å². The van der Waals surface area contributed by atoms with Crippen molar-refractivity contribution < 1.29 is 19.0 Å². The lowest BCUT2D eigenvalue weighted by Gasteiger charge is -2.31. The predicted octanol–water partition coefficient (Wildman–Crippen LogP) is 3.47. The van der Waals surface area contributed by atoms with Crippen LogP contribution in [0.3, 0.4) is 0 Å². The topological polar surface area (TPSA) is 95.1 Å². The quantitative estimate of drug-likeness (QED) is 0.373. The van der Waals surface area contributed by atoms with Crippen molar-refractivity contribution in [1.82, 2.24) is 29.4 Å². The van der Waals surface area contributed by atoms with Crippen molar-refractivity contribution >= 4 is 11.6 Å². The molecule has 41 heavy (non-hydrogen) atoms. The van der Waals surface area contributed by atoms with E-state index in [1.165, 1.54) is 11.1 Å². The van der Waals surface area contributed by atoms with Crippen LogP contribution < -0.4 is 5.32 Å². The highest BCUT2D eigenvalue weighted by molar-refractivity contribution is 5.93. The van der Waals surface area contributed by atoms with Gasteiger partial charge in [0.25, 0.3) is 5.91 Å². The molecule has 214 valence electrons. The highest BCUT2D eigenvalue weighted by Gasteiger charge is 2.42. The summed E-state index contributed by atoms with van der Waals surface area (Å²) in [4.78, 5) is 20.1. The Kier molecular flexibility index (Phi) is 6.86. The Morgan fingerprint density at radius 1 is 1.05 bits per heavy atom. The molecule has 0 bridgehead atoms. The molecule has 0 radical (unpaired) electrons. The maximum Gasteiger partial charge on any atom is 0.271 e. The third-order valence-corrected chi connectivity index (χ3v) is 8.30. The van der Waals surface area contributed by atoms with Crippen molar-refractivity contribution in [1.29, 1.82) is 0 Å². The Hall–Kier alpha value is -3.57. The van der Waals surface area contributed by atoms with E-state index in [2.05, 4.69) is 50.8 Å². The second-order valence-corrected chi connectivity index (χ2v) is 11.7. The number of rotatable bonds is 7. The molecule has 0 unspecified atom stereocenters. The number of aromatic nitrogens is 4. The molecule has 10 heteroatoms. The van der Waals surface area contributed by atoms with Gasteiger partial charge in [-0.2, -0.15) is 5.10 Å². The molecule has 2 saturated heterocycles. The molecule has 6 heterocycles. The number of carbonyl (C=O) groups is 1. The predicted molar refractivity (Wildman–Crippen MR) is 152 cm³/mol. The number of imidazole rings is 1. The first-order valence-electron chi connectivity index (χ1n) is 14.4. The zero-order valence-corrected chi connectivity index (χ0v) is 23.5. The van der Waals surface area contributed by atoms with Gasteiger partial charge in [0, 0.05) is 62.5 Å². The summed E-state index contributed by atoms with van der Waals surface area (Å²) in [6.45, 7) is 8.31. The fraction of sp³-hybridized carbons (Fsp3) is 0.452. The van der Waals surface area contributed by atoms with E-state index in [0.717, 1.165) is 50.2 Å². The lowest BCUT2D eigenvalue weighted by molar-refractivity contribution is -0.147. The second kappa shape index (κ2) is 10.7. The van der Waals surface area contributed by atoms with E-state index >= 15 is 0 Å². The van der Waals surface area contributed by atoms with Crippen LogP contribution in [0.4, 0.5) is 0 Å². The van der Waals surface area contributed by atoms with Crippen LogP contribution in [0, 0.1) is 0 Å². The number of hydrogen-bond donors (Lipinski definition) is 1. The summed E-state index contributed by atoms with van der Waals surface area (Å²) in [7, 11) is 0. The summed E-state index contributed by atoms with van der Waals surface area (Å²) < 4.78 is 21.9. The molecule has 3 aliphatic rings. The van der Waals surface area contributed by atoms with Crippen LogP contribution in [0.1, 0.15) is 47.9 Å². The molecular weight excluding hydrogens is 520 g/mol. The van der Waals surface area contributed by atoms with Gasteiger partial charge in [0.2, 0.25) is 0 Å². The van der Waals surface area contributed by atoms with E-state index in [1.54, 1.807) is 6.20 Å². The van der Waals surface area contributed by atoms with Gasteiger partial charge in [-0.3, -0.25) is 14.4 Å². The monoisotopic (exact) mass is 556 g/mol. The first kappa shape index (κ1) is 26.3. The van der Waals surface area contributed by atoms with E-state index in [-0.39, 0.29) is 24.2 Å². The standard InChI is InChI=1S/C31H36N6O4/c1-31(2)40-27(28(41-31)19-35-11-9-21-5-3-4-6-22(21)15-35)14-32-30(38)26-18-36-16-23(7-8-29(36)34-26)24-13-33-37(17-24)25-10-12-39-20-25/h3-8,13,16-18,25,27-28H,9-12,14-15,19-20H2,1-2H3,(H,32,38)/t25-,27+,28+/m1/s1. The lowest BCUT2D eigenvalue weighted by atomic mass is 9.99. The van der Waals surface area contributed by atoms with E-state index in [4.69, 9.17) is 14.2 Å². The number of fused-ring (bicyclic) bond motifs is 2. The maximum atomic E-state index is 13.2. The average Bonchev–Trinajstić information content (AvgIpc) is 3.77. The third kappa shape index (κ3) is 5.52. The fourth-order valence-corrected chi connectivity index (χ4v) is 6.17. The summed E-state index contributed by atoms with van der Waals surface area (Å²) in [6, 6.07) is 12.8. The summed E-state index contributed by atoms with van der Waals surface area (Å²) in [5.74, 6) is -0.936. The normalized spacial score (nSPS) is 24.1. The van der Waals surface area contributed by atoms with Gasteiger partial charge in [0.05, 0.1) is 18.8 Å². The number of pyridine rings is 1. The number of benzene rings is 1. The molecule has 4 aromatic rings. The van der Waals surface area contributed by atoms with Crippen LogP contribution in [0.25, 0.3) is 16.8 Å². The average molecular weight is 557 g/mol. The molecule has 10 nitrogen and oxygen atoms in total. The van der Waals surface area contributed by atoms with Gasteiger partial charge in [-0.25, -0.2) is 4.98 Å². The minimum absolute atomic E-state index is 0.143. The Morgan fingerprint density at radius 3 is 2.76 bits per heavy atom. The van der Waals surface area contributed by atoms with Gasteiger partial charge in [-0.15, -0.1) is 0 Å². The number of nitrogens with one attached hydrogen (secondary N) is 1. The molecule has 3 aliphatic heterocycles. The van der Waals surface area contributed by atoms with Crippen molar-refractivity contribution in [3.05, 3.63) is 78.0 Å². The minimum atomic E-state index is -0.703. The highest BCUT2D eigenvalue weighted by Crippen LogP contribution is 2.30. The Bertz CT molecular complexity index is 1550. The molecule has 3 aromatic heterocycles. The van der Waals surface area contributed by atoms with Crippen LogP contribution >= 0.6 is 0 Å². The second-order valence-electron chi connectivity index (χ2n) is 11.7. The Morgan fingerprint density at radius 2 is 1.90 bits per heavy atom. The van der Waals surface area contributed by atoms with Crippen LogP contribution in [-0.2, 0) is 27.2 Å². The summed E-state index contributed by atoms with van der Waals surface area (Å²) >= 11 is 0. The summed E-state index contributed by atoms with van der Waals surface area (Å²) in [5.41, 5.74) is 5.89. The molecule has 0 spiro atoms. The van der Waals surface area contributed by atoms with Gasteiger partial charge in [-0.05, 0) is 49.9 Å². The van der Waals surface area contributed by atoms with Gasteiger partial charge in [-0.1, -0.05) is 24.3 Å². The molecule has 3 atom stereocenters. The summed E-state index contributed by atoms with van der Waals surface area (Å²) in [5, 5.41) is 7.58. The molecule has 2 fully saturated rings. The van der Waals surface area contributed by atoms with E-state index in [1.807, 2.05) is 47.5 Å². The number of ether oxygens (including phenoxy) is 3. The third-order valence-electron chi connectivity index (χ3n) is 8.30. The van der Waals surface area contributed by atoms with Crippen molar-refractivity contribution in [2.75, 3.05) is 32.8 Å². The fourth-order valence-electron chi connectivity index (χ4n) is 6.17. The van der Waals surface area contributed by atoms with Crippen molar-refractivity contribution in [2.45, 2.75) is 57.3 Å². The number of carbonyl (C=O) groups excluding carboxylic acids is 1. The lowest BCUT2D eigenvalue weighted by Crippen LogP contribution is -2.44. The van der Waals surface area contributed by atoms with Gasteiger partial charge in [0.1, 0.15) is 23.5 Å². The summed E-state index contributed by atoms with van der Waals surface area (Å²) in [6.07, 6.45) is 9.28. The largest absolute Gasteiger partial charge is 0.379 e. The molecule has 1 aromatic carbocycles. The van der Waals surface area contributed by atoms with Crippen molar-refractivity contribution in [3.63, 3.8) is 0 Å². The SMILES string of the molecule is CC1(C)O[C@@H](CNC(=O)c2cn3cc(-c4cnn([C@@H]5CCOC5)c4)ccc3n2)[C@H](CN2CCc3ccccc3C2)O1. The van der Waals surface area contributed by atoms with Gasteiger partial charge < -0.3 is 23.9 Å². The number of nitrogens with zero attached hydrogens (tertiary/aromatic N) is 5. The number of hydrogen-bond acceptors (Lipinski definition) is 7. The van der Waals surface area contributed by atoms with Crippen LogP contribution in [0.5, 0.6) is 0 Å². The first-order valence-corrected chi connectivity index (χ1v) is 14.4. The smallest absolute Gasteiger partial charge is 0.271 e. The molecule has 1 amide bonds. The zero-order valence-electron chi connectivity index (χ0n) is 23.5. The molecular formula is C31H36N6O4. The highest BCUT2D eigenvalue weighted by atomic mass is 16.8. The van der Waals surface area contributed by atoms with Gasteiger partial charge in [0.15, 0.2) is 5.79 Å². The maximum absolute atomic E-state index is 13.2. The molecule has 0 aliphatic carbocycles. The Balaban J connectivity index is 1.000.